The van der Waals surface area contributed by atoms with Gasteiger partial charge in [-0.15, -0.1) is 0 Å². The molecule has 130 valence electrons. The van der Waals surface area contributed by atoms with Gasteiger partial charge in [-0.1, -0.05) is 6.07 Å². The van der Waals surface area contributed by atoms with Crippen LogP contribution < -0.4 is 15.2 Å². The minimum atomic E-state index is -2.87. The molecular formula is C16H24F2N2O3. The molecular weight excluding hydrogens is 306 g/mol. The van der Waals surface area contributed by atoms with Crippen LogP contribution in [0.5, 0.6) is 11.5 Å². The summed E-state index contributed by atoms with van der Waals surface area (Å²) in [5.74, 6) is 0.346. The van der Waals surface area contributed by atoms with Crippen LogP contribution in [0.1, 0.15) is 18.4 Å². The van der Waals surface area contributed by atoms with Crippen molar-refractivity contribution in [3.63, 3.8) is 0 Å². The Kier molecular flexibility index (Phi) is 6.56. The summed E-state index contributed by atoms with van der Waals surface area (Å²) in [5.41, 5.74) is 6.84. The van der Waals surface area contributed by atoms with Gasteiger partial charge in [0.1, 0.15) is 0 Å². The molecule has 0 aliphatic carbocycles. The maximum Gasteiger partial charge on any atom is 0.387 e. The Morgan fingerprint density at radius 2 is 2.09 bits per heavy atom. The smallest absolute Gasteiger partial charge is 0.387 e. The number of likely N-dealkylation sites (tertiary alicyclic amines) is 1. The third-order valence-corrected chi connectivity index (χ3v) is 4.22. The van der Waals surface area contributed by atoms with E-state index >= 15 is 0 Å². The van der Waals surface area contributed by atoms with E-state index in [1.807, 2.05) is 0 Å². The van der Waals surface area contributed by atoms with Gasteiger partial charge < -0.3 is 19.9 Å². The van der Waals surface area contributed by atoms with Gasteiger partial charge in [-0.25, -0.2) is 0 Å². The van der Waals surface area contributed by atoms with Crippen LogP contribution in [-0.2, 0) is 11.3 Å². The second-order valence-corrected chi connectivity index (χ2v) is 5.61. The molecule has 7 heteroatoms. The third kappa shape index (κ3) is 4.76. The van der Waals surface area contributed by atoms with Crippen LogP contribution in [0.2, 0.25) is 0 Å². The van der Waals surface area contributed by atoms with Gasteiger partial charge in [0, 0.05) is 32.8 Å². The number of hydrogen-bond acceptors (Lipinski definition) is 5. The largest absolute Gasteiger partial charge is 0.493 e. The molecule has 0 amide bonds. The highest BCUT2D eigenvalue weighted by molar-refractivity contribution is 5.43. The van der Waals surface area contributed by atoms with E-state index in [9.17, 15) is 8.78 Å². The quantitative estimate of drug-likeness (QED) is 0.831. The number of ether oxygens (including phenoxy) is 3. The number of nitrogens with two attached hydrogens (primary N) is 1. The molecule has 0 saturated carbocycles. The van der Waals surface area contributed by atoms with Gasteiger partial charge >= 0.3 is 6.61 Å². The van der Waals surface area contributed by atoms with Crippen molar-refractivity contribution in [3.05, 3.63) is 23.8 Å². The van der Waals surface area contributed by atoms with Crippen molar-refractivity contribution in [2.24, 2.45) is 5.73 Å². The summed E-state index contributed by atoms with van der Waals surface area (Å²) in [4.78, 5) is 2.29. The lowest BCUT2D eigenvalue weighted by molar-refractivity contribution is -0.0512. The highest BCUT2D eigenvalue weighted by Crippen LogP contribution is 2.30. The molecule has 1 aliphatic heterocycles. The van der Waals surface area contributed by atoms with E-state index in [0.29, 0.717) is 18.8 Å². The number of piperidine rings is 1. The molecule has 1 aromatic carbocycles. The lowest BCUT2D eigenvalue weighted by Gasteiger charge is -2.38. The summed E-state index contributed by atoms with van der Waals surface area (Å²) in [6.45, 7) is -0.741. The van der Waals surface area contributed by atoms with Crippen LogP contribution in [0.3, 0.4) is 0 Å². The van der Waals surface area contributed by atoms with Gasteiger partial charge in [0.25, 0.3) is 0 Å². The van der Waals surface area contributed by atoms with Crippen LogP contribution in [-0.4, -0.2) is 51.0 Å². The zero-order chi connectivity index (χ0) is 16.8. The summed E-state index contributed by atoms with van der Waals surface area (Å²) >= 11 is 0. The number of rotatable bonds is 7. The zero-order valence-electron chi connectivity index (χ0n) is 13.5. The van der Waals surface area contributed by atoms with E-state index in [2.05, 4.69) is 9.64 Å². The number of benzene rings is 1. The Morgan fingerprint density at radius 3 is 2.70 bits per heavy atom. The Balaban J connectivity index is 2.07. The zero-order valence-corrected chi connectivity index (χ0v) is 13.5. The minimum absolute atomic E-state index is 0.0414. The van der Waals surface area contributed by atoms with Crippen molar-refractivity contribution in [3.8, 4) is 11.5 Å². The molecule has 2 N–H and O–H groups in total. The molecule has 0 aromatic heterocycles. The molecule has 0 bridgehead atoms. The second kappa shape index (κ2) is 8.42. The molecule has 1 fully saturated rings. The van der Waals surface area contributed by atoms with E-state index < -0.39 is 6.61 Å². The van der Waals surface area contributed by atoms with Crippen LogP contribution in [0.4, 0.5) is 8.78 Å². The number of methoxy groups -OCH3 is 2. The summed E-state index contributed by atoms with van der Waals surface area (Å²) < 4.78 is 39.7. The van der Waals surface area contributed by atoms with Crippen LogP contribution in [0.15, 0.2) is 18.2 Å². The first-order valence-electron chi connectivity index (χ1n) is 7.66. The van der Waals surface area contributed by atoms with Crippen LogP contribution in [0, 0.1) is 0 Å². The molecule has 1 aliphatic rings. The average Bonchev–Trinajstić information content (AvgIpc) is 2.56. The Hall–Kier alpha value is -1.44. The van der Waals surface area contributed by atoms with Crippen LogP contribution in [0.25, 0.3) is 0 Å². The fraction of sp³-hybridized carbons (Fsp3) is 0.625. The van der Waals surface area contributed by atoms with Gasteiger partial charge in [0.15, 0.2) is 11.5 Å². The van der Waals surface area contributed by atoms with Crippen molar-refractivity contribution in [2.45, 2.75) is 38.1 Å². The maximum absolute atomic E-state index is 12.4. The molecule has 23 heavy (non-hydrogen) atoms. The monoisotopic (exact) mass is 330 g/mol. The number of halogens is 2. The van der Waals surface area contributed by atoms with Gasteiger partial charge in [-0.3, -0.25) is 4.90 Å². The normalized spacial score (nSPS) is 22.3. The fourth-order valence-corrected chi connectivity index (χ4v) is 2.97. The summed E-state index contributed by atoms with van der Waals surface area (Å²) in [6.07, 6.45) is 2.10. The van der Waals surface area contributed by atoms with Crippen molar-refractivity contribution in [1.29, 1.82) is 0 Å². The van der Waals surface area contributed by atoms with Crippen LogP contribution >= 0.6 is 0 Å². The molecule has 0 spiro atoms. The first-order chi connectivity index (χ1) is 11.1. The van der Waals surface area contributed by atoms with E-state index in [1.165, 1.54) is 13.2 Å². The van der Waals surface area contributed by atoms with Gasteiger partial charge in [0.05, 0.1) is 13.2 Å². The molecule has 1 saturated heterocycles. The first kappa shape index (κ1) is 17.9. The Labute approximate surface area is 135 Å². The summed E-state index contributed by atoms with van der Waals surface area (Å²) in [6, 6.07) is 5.26. The minimum Gasteiger partial charge on any atom is -0.493 e. The SMILES string of the molecule is COc1cc(CN2CCC(OC)CC2CN)ccc1OC(F)F. The predicted molar refractivity (Wildman–Crippen MR) is 82.9 cm³/mol. The lowest BCUT2D eigenvalue weighted by atomic mass is 9.98. The standard InChI is InChI=1S/C16H24F2N2O3/c1-21-13-5-6-20(12(8-13)9-19)10-11-3-4-14(23-16(17)18)15(7-11)22-2/h3-4,7,12-13,16H,5-6,8-10,19H2,1-2H3. The van der Waals surface area contributed by atoms with Crippen molar-refractivity contribution in [2.75, 3.05) is 27.3 Å². The average molecular weight is 330 g/mol. The van der Waals surface area contributed by atoms with Crippen molar-refractivity contribution in [1.82, 2.24) is 4.90 Å². The van der Waals surface area contributed by atoms with Crippen molar-refractivity contribution >= 4 is 0 Å². The van der Waals surface area contributed by atoms with E-state index in [0.717, 1.165) is 24.9 Å². The molecule has 5 nitrogen and oxygen atoms in total. The molecule has 2 rings (SSSR count). The number of alkyl halides is 2. The van der Waals surface area contributed by atoms with Gasteiger partial charge in [0.2, 0.25) is 0 Å². The predicted octanol–water partition coefficient (Wildman–Crippen LogP) is 2.23. The summed E-state index contributed by atoms with van der Waals surface area (Å²) in [7, 11) is 3.16. The van der Waals surface area contributed by atoms with E-state index in [-0.39, 0.29) is 17.9 Å². The molecule has 2 unspecified atom stereocenters. The molecule has 0 radical (unpaired) electrons. The lowest BCUT2D eigenvalue weighted by Crippen LogP contribution is -2.47. The van der Waals surface area contributed by atoms with Gasteiger partial charge in [-0.2, -0.15) is 8.78 Å². The summed E-state index contributed by atoms with van der Waals surface area (Å²) in [5, 5.41) is 0. The topological polar surface area (TPSA) is 57.0 Å². The third-order valence-electron chi connectivity index (χ3n) is 4.22. The highest BCUT2D eigenvalue weighted by atomic mass is 19.3. The van der Waals surface area contributed by atoms with Crippen molar-refractivity contribution < 1.29 is 23.0 Å². The Morgan fingerprint density at radius 1 is 1.30 bits per heavy atom. The Bertz CT molecular complexity index is 502. The second-order valence-electron chi connectivity index (χ2n) is 5.61. The molecule has 1 aromatic rings. The van der Waals surface area contributed by atoms with E-state index in [4.69, 9.17) is 15.2 Å². The number of hydrogen-bond donors (Lipinski definition) is 1. The highest BCUT2D eigenvalue weighted by Gasteiger charge is 2.27. The fourth-order valence-electron chi connectivity index (χ4n) is 2.97. The maximum atomic E-state index is 12.4. The van der Waals surface area contributed by atoms with Gasteiger partial charge in [-0.05, 0) is 30.5 Å². The molecule has 2 atom stereocenters. The first-order valence-corrected chi connectivity index (χ1v) is 7.66. The molecule has 1 heterocycles. The number of nitrogens with zero attached hydrogens (tertiary/aromatic N) is 1. The van der Waals surface area contributed by atoms with E-state index in [1.54, 1.807) is 19.2 Å².